The van der Waals surface area contributed by atoms with Crippen molar-refractivity contribution in [2.24, 2.45) is 11.1 Å². The molecule has 1 aliphatic heterocycles. The van der Waals surface area contributed by atoms with E-state index in [1.807, 2.05) is 6.20 Å². The number of piperidine rings is 1. The molecule has 4 nitrogen and oxygen atoms in total. The van der Waals surface area contributed by atoms with Crippen molar-refractivity contribution in [3.05, 3.63) is 18.0 Å². The van der Waals surface area contributed by atoms with Crippen LogP contribution in [0.25, 0.3) is 0 Å². The molecule has 2 fully saturated rings. The molecule has 4 heteroatoms. The Balaban J connectivity index is 1.63. The summed E-state index contributed by atoms with van der Waals surface area (Å²) in [5.41, 5.74) is 8.07. The molecule has 1 aromatic rings. The summed E-state index contributed by atoms with van der Waals surface area (Å²) in [5.74, 6) is 0. The molecule has 2 heterocycles. The lowest BCUT2D eigenvalue weighted by molar-refractivity contribution is 0.0780. The summed E-state index contributed by atoms with van der Waals surface area (Å²) in [7, 11) is 0. The minimum absolute atomic E-state index is 0.356. The highest BCUT2D eigenvalue weighted by atomic mass is 15.3. The van der Waals surface area contributed by atoms with Gasteiger partial charge in [-0.2, -0.15) is 5.10 Å². The Bertz CT molecular complexity index is 437. The zero-order valence-corrected chi connectivity index (χ0v) is 13.4. The van der Waals surface area contributed by atoms with Crippen LogP contribution >= 0.6 is 0 Å². The molecule has 21 heavy (non-hydrogen) atoms. The monoisotopic (exact) mass is 290 g/mol. The second kappa shape index (κ2) is 6.49. The van der Waals surface area contributed by atoms with Crippen molar-refractivity contribution in [3.8, 4) is 0 Å². The zero-order chi connectivity index (χ0) is 14.7. The molecule has 1 aliphatic carbocycles. The lowest BCUT2D eigenvalue weighted by Crippen LogP contribution is -2.43. The molecule has 2 aliphatic rings. The summed E-state index contributed by atoms with van der Waals surface area (Å²) in [6.45, 7) is 6.31. The van der Waals surface area contributed by atoms with Gasteiger partial charge >= 0.3 is 0 Å². The van der Waals surface area contributed by atoms with Crippen LogP contribution < -0.4 is 5.73 Å². The van der Waals surface area contributed by atoms with E-state index in [0.717, 1.165) is 13.0 Å². The van der Waals surface area contributed by atoms with Gasteiger partial charge in [0.1, 0.15) is 0 Å². The molecule has 0 amide bonds. The van der Waals surface area contributed by atoms with Crippen molar-refractivity contribution >= 4 is 0 Å². The number of hydrogen-bond acceptors (Lipinski definition) is 3. The predicted molar refractivity (Wildman–Crippen MR) is 86.0 cm³/mol. The minimum Gasteiger partial charge on any atom is -0.329 e. The van der Waals surface area contributed by atoms with E-state index in [-0.39, 0.29) is 0 Å². The Morgan fingerprint density at radius 2 is 1.95 bits per heavy atom. The summed E-state index contributed by atoms with van der Waals surface area (Å²) >= 11 is 0. The third-order valence-corrected chi connectivity index (χ3v) is 5.68. The smallest absolute Gasteiger partial charge is 0.0538 e. The van der Waals surface area contributed by atoms with Crippen LogP contribution in [0.2, 0.25) is 0 Å². The van der Waals surface area contributed by atoms with E-state index in [2.05, 4.69) is 27.8 Å². The third kappa shape index (κ3) is 3.16. The Morgan fingerprint density at radius 1 is 1.24 bits per heavy atom. The average Bonchev–Trinajstić information content (AvgIpc) is 3.13. The maximum absolute atomic E-state index is 6.09. The number of aryl methyl sites for hydroxylation is 1. The Labute approximate surface area is 128 Å². The molecule has 1 spiro atoms. The molecule has 3 rings (SSSR count). The highest BCUT2D eigenvalue weighted by Crippen LogP contribution is 2.47. The van der Waals surface area contributed by atoms with Gasteiger partial charge in [-0.25, -0.2) is 0 Å². The molecular weight excluding hydrogens is 260 g/mol. The van der Waals surface area contributed by atoms with Gasteiger partial charge in [0.2, 0.25) is 0 Å². The fraction of sp³-hybridized carbons (Fsp3) is 0.824. The molecule has 2 N–H and O–H groups in total. The number of nitrogens with zero attached hydrogens (tertiary/aromatic N) is 3. The Hall–Kier alpha value is -0.870. The van der Waals surface area contributed by atoms with Crippen molar-refractivity contribution in [3.63, 3.8) is 0 Å². The van der Waals surface area contributed by atoms with Crippen LogP contribution in [0.4, 0.5) is 0 Å². The van der Waals surface area contributed by atoms with Gasteiger partial charge in [0.25, 0.3) is 0 Å². The average molecular weight is 290 g/mol. The second-order valence-corrected chi connectivity index (χ2v) is 7.03. The summed E-state index contributed by atoms with van der Waals surface area (Å²) in [5, 5.41) is 4.48. The molecule has 1 saturated carbocycles. The molecule has 0 bridgehead atoms. The van der Waals surface area contributed by atoms with E-state index in [4.69, 9.17) is 5.73 Å². The number of aromatic nitrogens is 2. The van der Waals surface area contributed by atoms with Gasteiger partial charge in [0.15, 0.2) is 0 Å². The van der Waals surface area contributed by atoms with Crippen LogP contribution in [0.1, 0.15) is 63.5 Å². The number of rotatable bonds is 5. The highest BCUT2D eigenvalue weighted by Gasteiger charge is 2.38. The van der Waals surface area contributed by atoms with Crippen molar-refractivity contribution in [2.45, 2.75) is 64.5 Å². The minimum atomic E-state index is 0.356. The number of nitrogens with two attached hydrogens (primary N) is 1. The molecule has 1 saturated heterocycles. The first-order valence-corrected chi connectivity index (χ1v) is 8.73. The molecule has 0 aromatic carbocycles. The van der Waals surface area contributed by atoms with Crippen LogP contribution in [0, 0.1) is 5.41 Å². The van der Waals surface area contributed by atoms with Crippen LogP contribution in [0.3, 0.4) is 0 Å². The van der Waals surface area contributed by atoms with E-state index in [9.17, 15) is 0 Å². The van der Waals surface area contributed by atoms with E-state index in [1.165, 1.54) is 57.2 Å². The standard InChI is InChI=1S/C17H30N4/c1-2-9-21-14-15(13-19-21)16(12-18)20-10-7-17(8-11-20)5-3-4-6-17/h13-14,16H,2-12,18H2,1H3. The predicted octanol–water partition coefficient (Wildman–Crippen LogP) is 2.95. The van der Waals surface area contributed by atoms with E-state index in [1.54, 1.807) is 0 Å². The largest absolute Gasteiger partial charge is 0.329 e. The maximum Gasteiger partial charge on any atom is 0.0538 e. The van der Waals surface area contributed by atoms with Gasteiger partial charge in [-0.05, 0) is 50.6 Å². The van der Waals surface area contributed by atoms with Gasteiger partial charge < -0.3 is 5.73 Å². The molecule has 1 unspecified atom stereocenters. The first-order valence-electron chi connectivity index (χ1n) is 8.73. The third-order valence-electron chi connectivity index (χ3n) is 5.68. The normalized spacial score (nSPS) is 23.7. The lowest BCUT2D eigenvalue weighted by atomic mass is 9.76. The van der Waals surface area contributed by atoms with Crippen LogP contribution in [0.5, 0.6) is 0 Å². The van der Waals surface area contributed by atoms with E-state index < -0.39 is 0 Å². The summed E-state index contributed by atoms with van der Waals surface area (Å²) < 4.78 is 2.06. The molecule has 118 valence electrons. The maximum atomic E-state index is 6.09. The molecular formula is C17H30N4. The Morgan fingerprint density at radius 3 is 2.57 bits per heavy atom. The fourth-order valence-corrected chi connectivity index (χ4v) is 4.33. The topological polar surface area (TPSA) is 47.1 Å². The van der Waals surface area contributed by atoms with Crippen molar-refractivity contribution in [1.82, 2.24) is 14.7 Å². The van der Waals surface area contributed by atoms with Crippen LogP contribution in [-0.2, 0) is 6.54 Å². The highest BCUT2D eigenvalue weighted by molar-refractivity contribution is 5.12. The number of likely N-dealkylation sites (tertiary alicyclic amines) is 1. The number of hydrogen-bond donors (Lipinski definition) is 1. The molecule has 1 atom stereocenters. The van der Waals surface area contributed by atoms with E-state index in [0.29, 0.717) is 18.0 Å². The fourth-order valence-electron chi connectivity index (χ4n) is 4.33. The first kappa shape index (κ1) is 15.0. The first-order chi connectivity index (χ1) is 10.3. The quantitative estimate of drug-likeness (QED) is 0.907. The van der Waals surface area contributed by atoms with Crippen molar-refractivity contribution < 1.29 is 0 Å². The van der Waals surface area contributed by atoms with Gasteiger partial charge in [0.05, 0.1) is 12.2 Å². The van der Waals surface area contributed by atoms with Gasteiger partial charge in [-0.3, -0.25) is 9.58 Å². The van der Waals surface area contributed by atoms with E-state index >= 15 is 0 Å². The van der Waals surface area contributed by atoms with Gasteiger partial charge in [-0.1, -0.05) is 19.8 Å². The van der Waals surface area contributed by atoms with Gasteiger partial charge in [-0.15, -0.1) is 0 Å². The summed E-state index contributed by atoms with van der Waals surface area (Å²) in [4.78, 5) is 2.59. The van der Waals surface area contributed by atoms with Crippen LogP contribution in [0.15, 0.2) is 12.4 Å². The summed E-state index contributed by atoms with van der Waals surface area (Å²) in [6, 6.07) is 0.356. The molecule has 0 radical (unpaired) electrons. The van der Waals surface area contributed by atoms with Crippen LogP contribution in [-0.4, -0.2) is 34.3 Å². The second-order valence-electron chi connectivity index (χ2n) is 7.03. The summed E-state index contributed by atoms with van der Waals surface area (Å²) in [6.07, 6.45) is 13.9. The van der Waals surface area contributed by atoms with Gasteiger partial charge in [0, 0.05) is 24.8 Å². The Kier molecular flexibility index (Phi) is 4.65. The molecule has 1 aromatic heterocycles. The van der Waals surface area contributed by atoms with Crippen molar-refractivity contribution in [2.75, 3.05) is 19.6 Å². The van der Waals surface area contributed by atoms with Crippen molar-refractivity contribution in [1.29, 1.82) is 0 Å². The zero-order valence-electron chi connectivity index (χ0n) is 13.4. The SMILES string of the molecule is CCCn1cc(C(CN)N2CCC3(CCCC3)CC2)cn1. The lowest BCUT2D eigenvalue weighted by Gasteiger charge is -2.42.